The van der Waals surface area contributed by atoms with Crippen LogP contribution < -0.4 is 5.32 Å². The number of thioether (sulfide) groups is 1. The van der Waals surface area contributed by atoms with Gasteiger partial charge in [0, 0.05) is 0 Å². The van der Waals surface area contributed by atoms with E-state index in [1.54, 1.807) is 23.9 Å². The largest absolute Gasteiger partial charge is 0.405 e. The summed E-state index contributed by atoms with van der Waals surface area (Å²) in [6.07, 6.45) is -2.79. The summed E-state index contributed by atoms with van der Waals surface area (Å²) in [6.45, 7) is 0.955. The third kappa shape index (κ3) is 4.92. The fourth-order valence-corrected chi connectivity index (χ4v) is 1.51. The number of alkyl halides is 3. The monoisotopic (exact) mass is 236 g/mol. The van der Waals surface area contributed by atoms with Gasteiger partial charge in [-0.3, -0.25) is 0 Å². The third-order valence-corrected chi connectivity index (χ3v) is 2.35. The standard InChI is InChI=1S/C9H11F3N2S/c1-2-15-8-4-3-7(5-13-8)14-6-9(10,11)12/h3-5,14H,2,6H2,1H3. The lowest BCUT2D eigenvalue weighted by atomic mass is 10.4. The Bertz CT molecular complexity index is 297. The molecule has 0 unspecified atom stereocenters. The number of anilines is 1. The highest BCUT2D eigenvalue weighted by Gasteiger charge is 2.26. The van der Waals surface area contributed by atoms with Gasteiger partial charge in [0.15, 0.2) is 0 Å². The molecule has 0 aliphatic heterocycles. The van der Waals surface area contributed by atoms with Crippen LogP contribution in [0.4, 0.5) is 18.9 Å². The van der Waals surface area contributed by atoms with Gasteiger partial charge in [-0.05, 0) is 17.9 Å². The zero-order valence-electron chi connectivity index (χ0n) is 8.14. The van der Waals surface area contributed by atoms with Crippen molar-refractivity contribution < 1.29 is 13.2 Å². The van der Waals surface area contributed by atoms with Crippen LogP contribution in [0.5, 0.6) is 0 Å². The van der Waals surface area contributed by atoms with Crippen LogP contribution in [0.1, 0.15) is 6.92 Å². The molecule has 0 saturated heterocycles. The van der Waals surface area contributed by atoms with Crippen molar-refractivity contribution in [2.24, 2.45) is 0 Å². The number of hydrogen-bond acceptors (Lipinski definition) is 3. The Morgan fingerprint density at radius 1 is 1.40 bits per heavy atom. The molecule has 84 valence electrons. The fourth-order valence-electron chi connectivity index (χ4n) is 0.920. The highest BCUT2D eigenvalue weighted by Crippen LogP contribution is 2.18. The SMILES string of the molecule is CCSc1ccc(NCC(F)(F)F)cn1. The molecule has 6 heteroatoms. The van der Waals surface area contributed by atoms with Gasteiger partial charge in [-0.1, -0.05) is 6.92 Å². The van der Waals surface area contributed by atoms with Crippen molar-refractivity contribution in [3.63, 3.8) is 0 Å². The second kappa shape index (κ2) is 5.25. The third-order valence-electron chi connectivity index (χ3n) is 1.52. The van der Waals surface area contributed by atoms with E-state index in [0.29, 0.717) is 5.69 Å². The minimum atomic E-state index is -4.20. The lowest BCUT2D eigenvalue weighted by molar-refractivity contribution is -0.115. The summed E-state index contributed by atoms with van der Waals surface area (Å²) in [5, 5.41) is 3.07. The smallest absolute Gasteiger partial charge is 0.375 e. The zero-order chi connectivity index (χ0) is 11.3. The Balaban J connectivity index is 2.50. The fraction of sp³-hybridized carbons (Fsp3) is 0.444. The van der Waals surface area contributed by atoms with Crippen molar-refractivity contribution in [2.75, 3.05) is 17.6 Å². The zero-order valence-corrected chi connectivity index (χ0v) is 8.95. The van der Waals surface area contributed by atoms with Gasteiger partial charge < -0.3 is 5.32 Å². The van der Waals surface area contributed by atoms with Crippen molar-refractivity contribution in [1.29, 1.82) is 0 Å². The van der Waals surface area contributed by atoms with E-state index in [4.69, 9.17) is 0 Å². The number of nitrogens with one attached hydrogen (secondary N) is 1. The molecule has 1 aromatic heterocycles. The topological polar surface area (TPSA) is 24.9 Å². The van der Waals surface area contributed by atoms with Gasteiger partial charge in [0.1, 0.15) is 6.54 Å². The van der Waals surface area contributed by atoms with E-state index in [0.717, 1.165) is 10.8 Å². The molecule has 0 saturated carbocycles. The summed E-state index contributed by atoms with van der Waals surface area (Å²) in [6, 6.07) is 3.30. The predicted molar refractivity (Wildman–Crippen MR) is 55.2 cm³/mol. The molecule has 1 N–H and O–H groups in total. The summed E-state index contributed by atoms with van der Waals surface area (Å²) in [5.41, 5.74) is 0.382. The van der Waals surface area contributed by atoms with Gasteiger partial charge in [0.2, 0.25) is 0 Å². The molecule has 0 radical (unpaired) electrons. The Kier molecular flexibility index (Phi) is 4.26. The molecule has 0 spiro atoms. The maximum Gasteiger partial charge on any atom is 0.405 e. The number of aromatic nitrogens is 1. The van der Waals surface area contributed by atoms with E-state index in [1.165, 1.54) is 6.20 Å². The van der Waals surface area contributed by atoms with Gasteiger partial charge >= 0.3 is 6.18 Å². The van der Waals surface area contributed by atoms with Crippen molar-refractivity contribution >= 4 is 17.4 Å². The molecule has 0 atom stereocenters. The lowest BCUT2D eigenvalue weighted by Gasteiger charge is -2.09. The molecular formula is C9H11F3N2S. The maximum atomic E-state index is 11.9. The highest BCUT2D eigenvalue weighted by atomic mass is 32.2. The van der Waals surface area contributed by atoms with Crippen LogP contribution in [-0.4, -0.2) is 23.5 Å². The molecule has 0 aliphatic rings. The van der Waals surface area contributed by atoms with Gasteiger partial charge in [0.05, 0.1) is 16.9 Å². The lowest BCUT2D eigenvalue weighted by Crippen LogP contribution is -2.21. The van der Waals surface area contributed by atoms with E-state index < -0.39 is 12.7 Å². The average molecular weight is 236 g/mol. The minimum absolute atomic E-state index is 0.382. The number of halogens is 3. The number of hydrogen-bond donors (Lipinski definition) is 1. The predicted octanol–water partition coefficient (Wildman–Crippen LogP) is 3.17. The summed E-state index contributed by atoms with van der Waals surface area (Å²) >= 11 is 1.55. The molecule has 0 aromatic carbocycles. The van der Waals surface area contributed by atoms with Crippen LogP contribution in [-0.2, 0) is 0 Å². The van der Waals surface area contributed by atoms with E-state index in [1.807, 2.05) is 6.92 Å². The van der Waals surface area contributed by atoms with Crippen LogP contribution in [0.2, 0.25) is 0 Å². The molecule has 0 aliphatic carbocycles. The molecule has 0 bridgehead atoms. The molecule has 1 rings (SSSR count). The van der Waals surface area contributed by atoms with Crippen molar-refractivity contribution in [2.45, 2.75) is 18.1 Å². The minimum Gasteiger partial charge on any atom is -0.375 e. The Morgan fingerprint density at radius 3 is 2.60 bits per heavy atom. The Morgan fingerprint density at radius 2 is 2.13 bits per heavy atom. The maximum absolute atomic E-state index is 11.9. The number of rotatable bonds is 4. The first-order valence-electron chi connectivity index (χ1n) is 4.41. The molecule has 0 amide bonds. The highest BCUT2D eigenvalue weighted by molar-refractivity contribution is 7.99. The van der Waals surface area contributed by atoms with Crippen LogP contribution >= 0.6 is 11.8 Å². The molecule has 15 heavy (non-hydrogen) atoms. The average Bonchev–Trinajstić information content (AvgIpc) is 2.16. The first-order valence-corrected chi connectivity index (χ1v) is 5.39. The van der Waals surface area contributed by atoms with Gasteiger partial charge in [-0.2, -0.15) is 13.2 Å². The molecule has 1 aromatic rings. The second-order valence-corrected chi connectivity index (χ2v) is 4.07. The second-order valence-electron chi connectivity index (χ2n) is 2.79. The van der Waals surface area contributed by atoms with Crippen molar-refractivity contribution in [1.82, 2.24) is 4.98 Å². The first-order chi connectivity index (χ1) is 7.01. The summed E-state index contributed by atoms with van der Waals surface area (Å²) in [4.78, 5) is 4.00. The van der Waals surface area contributed by atoms with Crippen LogP contribution in [0.25, 0.3) is 0 Å². The molecular weight excluding hydrogens is 225 g/mol. The normalized spacial score (nSPS) is 11.5. The van der Waals surface area contributed by atoms with Gasteiger partial charge in [0.25, 0.3) is 0 Å². The Labute approximate surface area is 90.3 Å². The molecule has 0 fully saturated rings. The summed E-state index contributed by atoms with van der Waals surface area (Å²) in [5.74, 6) is 0.891. The van der Waals surface area contributed by atoms with Crippen LogP contribution in [0, 0.1) is 0 Å². The van der Waals surface area contributed by atoms with E-state index >= 15 is 0 Å². The first kappa shape index (κ1) is 12.2. The van der Waals surface area contributed by atoms with Crippen LogP contribution in [0.15, 0.2) is 23.4 Å². The quantitative estimate of drug-likeness (QED) is 0.813. The van der Waals surface area contributed by atoms with Gasteiger partial charge in [-0.15, -0.1) is 11.8 Å². The summed E-state index contributed by atoms with van der Waals surface area (Å²) < 4.78 is 35.6. The van der Waals surface area contributed by atoms with E-state index in [2.05, 4.69) is 10.3 Å². The van der Waals surface area contributed by atoms with E-state index in [9.17, 15) is 13.2 Å². The van der Waals surface area contributed by atoms with Gasteiger partial charge in [-0.25, -0.2) is 4.98 Å². The Hall–Kier alpha value is -0.910. The summed E-state index contributed by atoms with van der Waals surface area (Å²) in [7, 11) is 0. The molecule has 1 heterocycles. The molecule has 2 nitrogen and oxygen atoms in total. The van der Waals surface area contributed by atoms with Crippen LogP contribution in [0.3, 0.4) is 0 Å². The van der Waals surface area contributed by atoms with Crippen molar-refractivity contribution in [3.8, 4) is 0 Å². The number of nitrogens with zero attached hydrogens (tertiary/aromatic N) is 1. The van der Waals surface area contributed by atoms with E-state index in [-0.39, 0.29) is 0 Å². The number of pyridine rings is 1. The van der Waals surface area contributed by atoms with Crippen molar-refractivity contribution in [3.05, 3.63) is 18.3 Å².